The molecule has 2 heterocycles. The Kier molecular flexibility index (Phi) is 4.07. The van der Waals surface area contributed by atoms with Crippen LogP contribution in [0.2, 0.25) is 5.02 Å². The van der Waals surface area contributed by atoms with Gasteiger partial charge in [-0.3, -0.25) is 4.79 Å². The number of nitrogens with zero attached hydrogens (tertiary/aromatic N) is 1. The standard InChI is InChI=1S/C15H18ClNO4S/c1-17(13-4-5-22(19,20)9-13)15(18)11-6-10-7-12(16)2-3-14(10)21-8-11/h2-3,7,11,13H,4-6,8-9H2,1H3. The molecule has 1 fully saturated rings. The summed E-state index contributed by atoms with van der Waals surface area (Å²) in [5.41, 5.74) is 0.921. The highest BCUT2D eigenvalue weighted by Gasteiger charge is 2.36. The number of hydrogen-bond acceptors (Lipinski definition) is 4. The molecule has 5 nitrogen and oxygen atoms in total. The lowest BCUT2D eigenvalue weighted by Gasteiger charge is -2.31. The van der Waals surface area contributed by atoms with Gasteiger partial charge in [0.25, 0.3) is 0 Å². The number of carbonyl (C=O) groups excluding carboxylic acids is 1. The highest BCUT2D eigenvalue weighted by Crippen LogP contribution is 2.31. The molecule has 1 saturated heterocycles. The van der Waals surface area contributed by atoms with E-state index < -0.39 is 9.84 Å². The number of fused-ring (bicyclic) bond motifs is 1. The van der Waals surface area contributed by atoms with Crippen molar-refractivity contribution in [2.24, 2.45) is 5.92 Å². The number of benzene rings is 1. The van der Waals surface area contributed by atoms with E-state index in [0.717, 1.165) is 11.3 Å². The van der Waals surface area contributed by atoms with Crippen LogP contribution in [0.5, 0.6) is 5.75 Å². The van der Waals surface area contributed by atoms with Crippen molar-refractivity contribution < 1.29 is 17.9 Å². The summed E-state index contributed by atoms with van der Waals surface area (Å²) in [6.07, 6.45) is 1.08. The summed E-state index contributed by atoms with van der Waals surface area (Å²) in [7, 11) is -1.32. The molecule has 0 saturated carbocycles. The van der Waals surface area contributed by atoms with Gasteiger partial charge in [-0.15, -0.1) is 0 Å². The third-order valence-corrected chi connectivity index (χ3v) is 6.37. The second-order valence-corrected chi connectivity index (χ2v) is 8.64. The third-order valence-electron chi connectivity index (χ3n) is 4.38. The molecule has 2 unspecified atom stereocenters. The number of ether oxygens (including phenoxy) is 1. The van der Waals surface area contributed by atoms with Gasteiger partial charge in [0.05, 0.1) is 17.4 Å². The highest BCUT2D eigenvalue weighted by molar-refractivity contribution is 7.91. The van der Waals surface area contributed by atoms with Gasteiger partial charge in [-0.1, -0.05) is 11.6 Å². The second-order valence-electron chi connectivity index (χ2n) is 5.97. The average Bonchev–Trinajstić information content (AvgIpc) is 2.85. The Morgan fingerprint density at radius 2 is 2.18 bits per heavy atom. The monoisotopic (exact) mass is 343 g/mol. The summed E-state index contributed by atoms with van der Waals surface area (Å²) in [5.74, 6) is 0.631. The van der Waals surface area contributed by atoms with E-state index in [4.69, 9.17) is 16.3 Å². The molecule has 2 atom stereocenters. The first-order valence-corrected chi connectivity index (χ1v) is 9.44. The lowest BCUT2D eigenvalue weighted by atomic mass is 9.95. The summed E-state index contributed by atoms with van der Waals surface area (Å²) in [6.45, 7) is 0.317. The van der Waals surface area contributed by atoms with Crippen LogP contribution in [0.25, 0.3) is 0 Å². The van der Waals surface area contributed by atoms with Crippen molar-refractivity contribution in [3.63, 3.8) is 0 Å². The molecule has 22 heavy (non-hydrogen) atoms. The number of carbonyl (C=O) groups is 1. The van der Waals surface area contributed by atoms with E-state index in [9.17, 15) is 13.2 Å². The first-order chi connectivity index (χ1) is 10.4. The van der Waals surface area contributed by atoms with Crippen LogP contribution < -0.4 is 4.74 Å². The van der Waals surface area contributed by atoms with Crippen LogP contribution in [0.4, 0.5) is 0 Å². The average molecular weight is 344 g/mol. The number of rotatable bonds is 2. The molecule has 1 amide bonds. The maximum atomic E-state index is 12.6. The number of hydrogen-bond donors (Lipinski definition) is 0. The topological polar surface area (TPSA) is 63.7 Å². The van der Waals surface area contributed by atoms with Gasteiger partial charge in [-0.05, 0) is 36.6 Å². The lowest BCUT2D eigenvalue weighted by Crippen LogP contribution is -2.44. The molecule has 1 aromatic rings. The molecule has 0 N–H and O–H groups in total. The predicted octanol–water partition coefficient (Wildman–Crippen LogP) is 1.54. The van der Waals surface area contributed by atoms with Gasteiger partial charge in [0.2, 0.25) is 5.91 Å². The van der Waals surface area contributed by atoms with E-state index in [2.05, 4.69) is 0 Å². The van der Waals surface area contributed by atoms with E-state index >= 15 is 0 Å². The van der Waals surface area contributed by atoms with E-state index in [1.54, 1.807) is 18.0 Å². The fourth-order valence-electron chi connectivity index (χ4n) is 3.07. The Morgan fingerprint density at radius 3 is 2.86 bits per heavy atom. The van der Waals surface area contributed by atoms with E-state index in [1.165, 1.54) is 0 Å². The molecule has 0 spiro atoms. The highest BCUT2D eigenvalue weighted by atomic mass is 35.5. The SMILES string of the molecule is CN(C(=O)C1COc2ccc(Cl)cc2C1)C1CCS(=O)(=O)C1. The molecule has 120 valence electrons. The van der Waals surface area contributed by atoms with Gasteiger partial charge >= 0.3 is 0 Å². The first-order valence-electron chi connectivity index (χ1n) is 7.24. The predicted molar refractivity (Wildman–Crippen MR) is 84.0 cm³/mol. The normalized spacial score (nSPS) is 26.1. The lowest BCUT2D eigenvalue weighted by molar-refractivity contribution is -0.137. The Labute approximate surface area is 135 Å². The van der Waals surface area contributed by atoms with Crippen LogP contribution in [0.3, 0.4) is 0 Å². The number of amides is 1. The molecular formula is C15H18ClNO4S. The fourth-order valence-corrected chi connectivity index (χ4v) is 5.04. The minimum absolute atomic E-state index is 0.0607. The van der Waals surface area contributed by atoms with Crippen LogP contribution in [0, 0.1) is 5.92 Å². The van der Waals surface area contributed by atoms with Crippen molar-refractivity contribution in [2.45, 2.75) is 18.9 Å². The maximum Gasteiger partial charge on any atom is 0.229 e. The van der Waals surface area contributed by atoms with E-state index in [1.807, 2.05) is 12.1 Å². The Bertz CT molecular complexity index is 703. The van der Waals surface area contributed by atoms with Crippen LogP contribution in [0.1, 0.15) is 12.0 Å². The maximum absolute atomic E-state index is 12.6. The molecule has 0 aromatic heterocycles. The largest absolute Gasteiger partial charge is 0.492 e. The minimum Gasteiger partial charge on any atom is -0.492 e. The van der Waals surface area contributed by atoms with Crippen molar-refractivity contribution in [3.05, 3.63) is 28.8 Å². The van der Waals surface area contributed by atoms with Crippen molar-refractivity contribution in [3.8, 4) is 5.75 Å². The third kappa shape index (κ3) is 3.08. The molecule has 1 aromatic carbocycles. The van der Waals surface area contributed by atoms with Crippen LogP contribution >= 0.6 is 11.6 Å². The van der Waals surface area contributed by atoms with Gasteiger partial charge in [-0.25, -0.2) is 8.42 Å². The van der Waals surface area contributed by atoms with Crippen molar-refractivity contribution in [1.29, 1.82) is 0 Å². The second kappa shape index (κ2) is 5.74. The first kappa shape index (κ1) is 15.6. The van der Waals surface area contributed by atoms with Gasteiger partial charge in [0, 0.05) is 18.1 Å². The number of halogens is 1. The summed E-state index contributed by atoms with van der Waals surface area (Å²) in [6, 6.07) is 5.17. The van der Waals surface area contributed by atoms with Gasteiger partial charge in [-0.2, -0.15) is 0 Å². The smallest absolute Gasteiger partial charge is 0.229 e. The molecule has 0 aliphatic carbocycles. The quantitative estimate of drug-likeness (QED) is 0.817. The van der Waals surface area contributed by atoms with E-state index in [0.29, 0.717) is 24.5 Å². The summed E-state index contributed by atoms with van der Waals surface area (Å²) in [4.78, 5) is 14.2. The van der Waals surface area contributed by atoms with Crippen molar-refractivity contribution in [2.75, 3.05) is 25.2 Å². The molecular weight excluding hydrogens is 326 g/mol. The molecule has 0 radical (unpaired) electrons. The molecule has 7 heteroatoms. The zero-order chi connectivity index (χ0) is 15.9. The van der Waals surface area contributed by atoms with Gasteiger partial charge < -0.3 is 9.64 Å². The van der Waals surface area contributed by atoms with Crippen LogP contribution in [-0.2, 0) is 21.1 Å². The Balaban J connectivity index is 1.71. The summed E-state index contributed by atoms with van der Waals surface area (Å²) >= 11 is 5.98. The minimum atomic E-state index is -3.00. The van der Waals surface area contributed by atoms with Crippen molar-refractivity contribution in [1.82, 2.24) is 4.90 Å². The number of sulfone groups is 1. The summed E-state index contributed by atoms with van der Waals surface area (Å²) in [5, 5.41) is 0.616. The van der Waals surface area contributed by atoms with E-state index in [-0.39, 0.29) is 29.4 Å². The molecule has 2 aliphatic rings. The Hall–Kier alpha value is -1.27. The van der Waals surface area contributed by atoms with Gasteiger partial charge in [0.1, 0.15) is 12.4 Å². The molecule has 3 rings (SSSR count). The summed E-state index contributed by atoms with van der Waals surface area (Å²) < 4.78 is 28.8. The van der Waals surface area contributed by atoms with Crippen LogP contribution in [-0.4, -0.2) is 50.4 Å². The zero-order valence-corrected chi connectivity index (χ0v) is 13.9. The molecule has 0 bridgehead atoms. The Morgan fingerprint density at radius 1 is 1.41 bits per heavy atom. The fraction of sp³-hybridized carbons (Fsp3) is 0.533. The molecule has 2 aliphatic heterocycles. The zero-order valence-electron chi connectivity index (χ0n) is 12.3. The van der Waals surface area contributed by atoms with Crippen LogP contribution in [0.15, 0.2) is 18.2 Å². The van der Waals surface area contributed by atoms with Gasteiger partial charge in [0.15, 0.2) is 9.84 Å². The van der Waals surface area contributed by atoms with Crippen molar-refractivity contribution >= 4 is 27.3 Å².